The molecule has 0 N–H and O–H groups in total. The molecule has 2 aliphatic carbocycles. The average molecular weight is 612 g/mol. The highest BCUT2D eigenvalue weighted by Gasteiger charge is 2.67. The Kier molecular flexibility index (Phi) is 6.02. The molecule has 0 radical (unpaired) electrons. The minimum Gasteiger partial charge on any atom is -0.272 e. The molecule has 1 saturated heterocycles. The van der Waals surface area contributed by atoms with E-state index in [1.165, 1.54) is 18.2 Å². The zero-order valence-corrected chi connectivity index (χ0v) is 21.4. The van der Waals surface area contributed by atoms with Crippen LogP contribution in [0.2, 0.25) is 5.02 Å². The summed E-state index contributed by atoms with van der Waals surface area (Å²) in [5.41, 5.74) is 0.414. The number of amides is 3. The van der Waals surface area contributed by atoms with Crippen LogP contribution in [0.5, 0.6) is 0 Å². The number of rotatable bonds is 5. The van der Waals surface area contributed by atoms with Crippen LogP contribution in [0, 0.1) is 33.8 Å². The van der Waals surface area contributed by atoms with Crippen molar-refractivity contribution >= 4 is 66.9 Å². The second kappa shape index (κ2) is 8.73. The molecule has 11 heteroatoms. The van der Waals surface area contributed by atoms with E-state index < -0.39 is 34.5 Å². The summed E-state index contributed by atoms with van der Waals surface area (Å²) in [6.45, 7) is -0.0690. The lowest BCUT2D eigenvalue weighted by molar-refractivity contribution is -0.384. The van der Waals surface area contributed by atoms with Crippen LogP contribution in [0.15, 0.2) is 48.5 Å². The molecule has 2 aromatic carbocycles. The standard InChI is InChI=1S/C23H18Br2ClN3O5/c24-19-15-9-16(20(19)25)18-17(15)22(31)28(23(18)32)27(10-11-4-6-13(26)7-5-11)21(30)12-2-1-3-14(8-12)29(33)34/h1-8,15-20H,9-10H2/t15-,16-,17-,18+,19+,20+/m1/s1. The maximum atomic E-state index is 13.6. The summed E-state index contributed by atoms with van der Waals surface area (Å²) in [6.07, 6.45) is 0.766. The molecule has 6 atom stereocenters. The number of hydrogen-bond acceptors (Lipinski definition) is 5. The van der Waals surface area contributed by atoms with Gasteiger partial charge in [0.25, 0.3) is 23.4 Å². The molecule has 2 saturated carbocycles. The van der Waals surface area contributed by atoms with Crippen LogP contribution in [0.3, 0.4) is 0 Å². The predicted octanol–water partition coefficient (Wildman–Crippen LogP) is 4.58. The van der Waals surface area contributed by atoms with Gasteiger partial charge in [0.15, 0.2) is 0 Å². The van der Waals surface area contributed by atoms with Crippen molar-refractivity contribution in [3.05, 3.63) is 74.8 Å². The molecule has 0 spiro atoms. The van der Waals surface area contributed by atoms with Crippen LogP contribution in [-0.2, 0) is 16.1 Å². The first-order valence-electron chi connectivity index (χ1n) is 10.7. The summed E-state index contributed by atoms with van der Waals surface area (Å²) in [5.74, 6) is -2.49. The van der Waals surface area contributed by atoms with Gasteiger partial charge in [-0.3, -0.25) is 24.5 Å². The summed E-state index contributed by atoms with van der Waals surface area (Å²) in [7, 11) is 0. The number of carbonyl (C=O) groups is 3. The summed E-state index contributed by atoms with van der Waals surface area (Å²) in [5, 5.41) is 13.8. The van der Waals surface area contributed by atoms with E-state index in [4.69, 9.17) is 11.6 Å². The number of benzene rings is 2. The molecule has 5 rings (SSSR count). The molecule has 0 aromatic heterocycles. The van der Waals surface area contributed by atoms with Crippen molar-refractivity contribution in [1.29, 1.82) is 0 Å². The number of non-ortho nitro benzene ring substituents is 1. The Labute approximate surface area is 216 Å². The molecular formula is C23H18Br2ClN3O5. The van der Waals surface area contributed by atoms with E-state index in [2.05, 4.69) is 31.9 Å². The van der Waals surface area contributed by atoms with E-state index in [9.17, 15) is 24.5 Å². The fourth-order valence-electron chi connectivity index (χ4n) is 5.47. The number of hydrogen-bond donors (Lipinski definition) is 0. The molecule has 8 nitrogen and oxygen atoms in total. The second-order valence-corrected chi connectivity index (χ2v) is 11.3. The number of halogens is 3. The zero-order chi connectivity index (χ0) is 24.3. The highest BCUT2D eigenvalue weighted by Crippen LogP contribution is 2.60. The number of fused-ring (bicyclic) bond motifs is 5. The molecule has 3 amide bonds. The first-order chi connectivity index (χ1) is 16.2. The van der Waals surface area contributed by atoms with Gasteiger partial charge in [-0.25, -0.2) is 5.01 Å². The second-order valence-electron chi connectivity index (χ2n) is 8.79. The van der Waals surface area contributed by atoms with Gasteiger partial charge in [-0.15, -0.1) is 0 Å². The zero-order valence-electron chi connectivity index (χ0n) is 17.5. The van der Waals surface area contributed by atoms with Crippen LogP contribution in [0.25, 0.3) is 0 Å². The van der Waals surface area contributed by atoms with Gasteiger partial charge in [0.2, 0.25) is 0 Å². The van der Waals surface area contributed by atoms with Gasteiger partial charge in [-0.05, 0) is 42.0 Å². The van der Waals surface area contributed by atoms with Gasteiger partial charge in [-0.2, -0.15) is 5.01 Å². The quantitative estimate of drug-likeness (QED) is 0.213. The molecule has 1 heterocycles. The molecule has 176 valence electrons. The van der Waals surface area contributed by atoms with Crippen molar-refractivity contribution in [2.24, 2.45) is 23.7 Å². The van der Waals surface area contributed by atoms with Crippen molar-refractivity contribution in [1.82, 2.24) is 10.0 Å². The Hall–Kier alpha value is -2.30. The summed E-state index contributed by atoms with van der Waals surface area (Å²) < 4.78 is 0. The lowest BCUT2D eigenvalue weighted by atomic mass is 9.81. The smallest absolute Gasteiger partial charge is 0.272 e. The molecule has 1 aliphatic heterocycles. The Morgan fingerprint density at radius 1 is 1.06 bits per heavy atom. The van der Waals surface area contributed by atoms with E-state index in [1.807, 2.05) is 0 Å². The predicted molar refractivity (Wildman–Crippen MR) is 130 cm³/mol. The van der Waals surface area contributed by atoms with E-state index in [0.29, 0.717) is 10.6 Å². The summed E-state index contributed by atoms with van der Waals surface area (Å²) >= 11 is 13.3. The normalized spacial score (nSPS) is 29.4. The summed E-state index contributed by atoms with van der Waals surface area (Å²) in [6, 6.07) is 12.0. The SMILES string of the molecule is O=C(c1cccc([N+](=O)[O-])c1)N(Cc1ccc(Cl)cc1)N1C(=O)[C@@H]2[C@H]3C[C@@H]([C@H](Br)[C@H]3Br)[C@@H]2C1=O. The van der Waals surface area contributed by atoms with Gasteiger partial charge >= 0.3 is 0 Å². The number of alkyl halides is 2. The van der Waals surface area contributed by atoms with Crippen molar-refractivity contribution in [2.45, 2.75) is 22.6 Å². The van der Waals surface area contributed by atoms with Crippen LogP contribution >= 0.6 is 43.5 Å². The minimum absolute atomic E-state index is 0.00822. The van der Waals surface area contributed by atoms with E-state index >= 15 is 0 Å². The molecule has 2 bridgehead atoms. The maximum absolute atomic E-state index is 13.6. The molecule has 3 aliphatic rings. The van der Waals surface area contributed by atoms with Crippen LogP contribution in [-0.4, -0.2) is 42.3 Å². The van der Waals surface area contributed by atoms with Crippen LogP contribution in [0.4, 0.5) is 5.69 Å². The van der Waals surface area contributed by atoms with E-state index in [-0.39, 0.29) is 39.3 Å². The van der Waals surface area contributed by atoms with Crippen molar-refractivity contribution < 1.29 is 19.3 Å². The van der Waals surface area contributed by atoms with Gasteiger partial charge in [0, 0.05) is 32.4 Å². The maximum Gasteiger partial charge on any atom is 0.273 e. The first-order valence-corrected chi connectivity index (χ1v) is 12.9. The van der Waals surface area contributed by atoms with Crippen LogP contribution in [0.1, 0.15) is 22.3 Å². The highest BCUT2D eigenvalue weighted by atomic mass is 79.9. The largest absolute Gasteiger partial charge is 0.273 e. The van der Waals surface area contributed by atoms with Gasteiger partial charge in [0.1, 0.15) is 0 Å². The van der Waals surface area contributed by atoms with Crippen LogP contribution < -0.4 is 0 Å². The number of nitro groups is 1. The Balaban J connectivity index is 1.53. The number of nitro benzene ring substituents is 1. The molecule has 2 aromatic rings. The van der Waals surface area contributed by atoms with Crippen molar-refractivity contribution in [3.63, 3.8) is 0 Å². The highest BCUT2D eigenvalue weighted by molar-refractivity contribution is 9.12. The fourth-order valence-corrected chi connectivity index (χ4v) is 7.47. The van der Waals surface area contributed by atoms with Crippen molar-refractivity contribution in [2.75, 3.05) is 0 Å². The third-order valence-corrected chi connectivity index (χ3v) is 10.4. The topological polar surface area (TPSA) is 101 Å². The first kappa shape index (κ1) is 23.4. The Morgan fingerprint density at radius 2 is 1.65 bits per heavy atom. The molecule has 3 fully saturated rings. The van der Waals surface area contributed by atoms with E-state index in [0.717, 1.165) is 22.5 Å². The number of carbonyl (C=O) groups excluding carboxylic acids is 3. The summed E-state index contributed by atoms with van der Waals surface area (Å²) in [4.78, 5) is 51.5. The molecule has 0 unspecified atom stereocenters. The molecular weight excluding hydrogens is 594 g/mol. The minimum atomic E-state index is -0.668. The number of hydrazine groups is 1. The molecule has 34 heavy (non-hydrogen) atoms. The van der Waals surface area contributed by atoms with E-state index in [1.54, 1.807) is 24.3 Å². The number of imide groups is 1. The van der Waals surface area contributed by atoms with Gasteiger partial charge in [0.05, 0.1) is 23.3 Å². The number of nitrogens with zero attached hydrogens (tertiary/aromatic N) is 3. The lowest BCUT2D eigenvalue weighted by Crippen LogP contribution is -2.50. The fraction of sp³-hybridized carbons (Fsp3) is 0.348. The lowest BCUT2D eigenvalue weighted by Gasteiger charge is -2.31. The average Bonchev–Trinajstić information content (AvgIpc) is 3.43. The van der Waals surface area contributed by atoms with Gasteiger partial charge < -0.3 is 0 Å². The van der Waals surface area contributed by atoms with Crippen molar-refractivity contribution in [3.8, 4) is 0 Å². The Bertz CT molecular complexity index is 1180. The third kappa shape index (κ3) is 3.67. The monoisotopic (exact) mass is 609 g/mol. The van der Waals surface area contributed by atoms with Gasteiger partial charge in [-0.1, -0.05) is 61.7 Å². The Morgan fingerprint density at radius 3 is 2.21 bits per heavy atom. The third-order valence-electron chi connectivity index (χ3n) is 6.99.